The molecule has 26 heavy (non-hydrogen) atoms. The van der Waals surface area contributed by atoms with E-state index in [-0.39, 0.29) is 0 Å². The molecule has 3 aromatic rings. The molecule has 1 saturated carbocycles. The van der Waals surface area contributed by atoms with Crippen LogP contribution in [0.5, 0.6) is 0 Å². The number of hydrogen-bond donors (Lipinski definition) is 1. The van der Waals surface area contributed by atoms with Crippen molar-refractivity contribution in [2.24, 2.45) is 0 Å². The SMILES string of the molecule is O[C@H](c1ccccc1)c1nc(CCn2cnnn2)n(C2CCCCC2)n1. The van der Waals surface area contributed by atoms with Crippen LogP contribution in [0, 0.1) is 0 Å². The molecule has 1 fully saturated rings. The molecule has 1 aliphatic carbocycles. The van der Waals surface area contributed by atoms with Gasteiger partial charge in [-0.2, -0.15) is 5.10 Å². The van der Waals surface area contributed by atoms with Crippen LogP contribution in [0.3, 0.4) is 0 Å². The van der Waals surface area contributed by atoms with Gasteiger partial charge >= 0.3 is 0 Å². The van der Waals surface area contributed by atoms with E-state index in [2.05, 4.69) is 20.5 Å². The molecular formula is C18H23N7O. The zero-order chi connectivity index (χ0) is 17.8. The first kappa shape index (κ1) is 16.8. The molecule has 1 aliphatic rings. The van der Waals surface area contributed by atoms with Gasteiger partial charge in [0.15, 0.2) is 5.82 Å². The highest BCUT2D eigenvalue weighted by atomic mass is 16.3. The van der Waals surface area contributed by atoms with Gasteiger partial charge in [0.05, 0.1) is 12.6 Å². The predicted octanol–water partition coefficient (Wildman–Crippen LogP) is 2.09. The summed E-state index contributed by atoms with van der Waals surface area (Å²) in [6, 6.07) is 9.91. The molecule has 136 valence electrons. The lowest BCUT2D eigenvalue weighted by molar-refractivity contribution is 0.208. The first-order chi connectivity index (χ1) is 12.8. The van der Waals surface area contributed by atoms with Crippen molar-refractivity contribution in [3.63, 3.8) is 0 Å². The van der Waals surface area contributed by atoms with Gasteiger partial charge in [-0.1, -0.05) is 49.6 Å². The number of aliphatic hydroxyl groups excluding tert-OH is 1. The van der Waals surface area contributed by atoms with Crippen molar-refractivity contribution in [3.05, 3.63) is 53.9 Å². The maximum Gasteiger partial charge on any atom is 0.183 e. The van der Waals surface area contributed by atoms with E-state index in [4.69, 9.17) is 5.10 Å². The minimum atomic E-state index is -0.812. The van der Waals surface area contributed by atoms with Gasteiger partial charge in [-0.15, -0.1) is 5.10 Å². The molecule has 8 heteroatoms. The minimum absolute atomic E-state index is 0.358. The van der Waals surface area contributed by atoms with E-state index in [9.17, 15) is 5.11 Å². The lowest BCUT2D eigenvalue weighted by atomic mass is 9.95. The zero-order valence-electron chi connectivity index (χ0n) is 14.6. The van der Waals surface area contributed by atoms with Crippen LogP contribution in [0.1, 0.15) is 61.5 Å². The molecule has 2 aromatic heterocycles. The largest absolute Gasteiger partial charge is 0.380 e. The van der Waals surface area contributed by atoms with E-state index in [1.807, 2.05) is 35.0 Å². The molecule has 0 aliphatic heterocycles. The number of rotatable bonds is 6. The summed E-state index contributed by atoms with van der Waals surface area (Å²) in [5.74, 6) is 1.35. The number of hydrogen-bond acceptors (Lipinski definition) is 6. The van der Waals surface area contributed by atoms with Crippen molar-refractivity contribution < 1.29 is 5.11 Å². The summed E-state index contributed by atoms with van der Waals surface area (Å²) in [5, 5.41) is 26.7. The van der Waals surface area contributed by atoms with Gasteiger partial charge in [-0.3, -0.25) is 0 Å². The zero-order valence-corrected chi connectivity index (χ0v) is 14.6. The summed E-state index contributed by atoms with van der Waals surface area (Å²) in [7, 11) is 0. The number of nitrogens with zero attached hydrogens (tertiary/aromatic N) is 7. The molecule has 2 heterocycles. The third-order valence-corrected chi connectivity index (χ3v) is 4.95. The molecule has 0 spiro atoms. The van der Waals surface area contributed by atoms with Gasteiger partial charge in [0.2, 0.25) is 0 Å². The standard InChI is InChI=1S/C18H23N7O/c26-17(14-7-3-1-4-8-14)18-20-16(11-12-24-13-19-22-23-24)25(21-18)15-9-5-2-6-10-15/h1,3-4,7-8,13,15,17,26H,2,5-6,9-12H2/t17-/m1/s1. The quantitative estimate of drug-likeness (QED) is 0.729. The summed E-state index contributed by atoms with van der Waals surface area (Å²) in [4.78, 5) is 4.68. The summed E-state index contributed by atoms with van der Waals surface area (Å²) in [6.07, 6.45) is 7.40. The smallest absolute Gasteiger partial charge is 0.183 e. The molecule has 0 saturated heterocycles. The van der Waals surface area contributed by atoms with Crippen LogP contribution < -0.4 is 0 Å². The Kier molecular flexibility index (Phi) is 5.01. The maximum absolute atomic E-state index is 10.7. The average molecular weight is 353 g/mol. The first-order valence-electron chi connectivity index (χ1n) is 9.20. The van der Waals surface area contributed by atoms with E-state index < -0.39 is 6.10 Å². The minimum Gasteiger partial charge on any atom is -0.380 e. The van der Waals surface area contributed by atoms with Crippen molar-refractivity contribution in [1.29, 1.82) is 0 Å². The van der Waals surface area contributed by atoms with Crippen molar-refractivity contribution >= 4 is 0 Å². The lowest BCUT2D eigenvalue weighted by Crippen LogP contribution is -2.18. The number of tetrazole rings is 1. The van der Waals surface area contributed by atoms with E-state index in [1.54, 1.807) is 11.0 Å². The van der Waals surface area contributed by atoms with Gasteiger partial charge in [-0.25, -0.2) is 14.3 Å². The van der Waals surface area contributed by atoms with Crippen LogP contribution in [-0.2, 0) is 13.0 Å². The van der Waals surface area contributed by atoms with E-state index in [0.29, 0.717) is 24.8 Å². The van der Waals surface area contributed by atoms with Gasteiger partial charge in [0.1, 0.15) is 18.3 Å². The molecular weight excluding hydrogens is 330 g/mol. The van der Waals surface area contributed by atoms with Crippen LogP contribution in [0.2, 0.25) is 0 Å². The van der Waals surface area contributed by atoms with Gasteiger partial charge < -0.3 is 5.11 Å². The third kappa shape index (κ3) is 3.65. The molecule has 1 aromatic carbocycles. The van der Waals surface area contributed by atoms with Crippen molar-refractivity contribution in [2.75, 3.05) is 0 Å². The Morgan fingerprint density at radius 1 is 1.12 bits per heavy atom. The van der Waals surface area contributed by atoms with E-state index in [1.165, 1.54) is 19.3 Å². The molecule has 0 bridgehead atoms. The number of aryl methyl sites for hydroxylation is 2. The highest BCUT2D eigenvalue weighted by Gasteiger charge is 2.24. The van der Waals surface area contributed by atoms with Crippen LogP contribution in [0.4, 0.5) is 0 Å². The average Bonchev–Trinajstić information content (AvgIpc) is 3.37. The van der Waals surface area contributed by atoms with Crippen LogP contribution >= 0.6 is 0 Å². The van der Waals surface area contributed by atoms with Crippen molar-refractivity contribution in [3.8, 4) is 0 Å². The maximum atomic E-state index is 10.7. The Bertz CT molecular complexity index is 809. The van der Waals surface area contributed by atoms with Crippen molar-refractivity contribution in [2.45, 2.75) is 57.2 Å². The molecule has 0 unspecified atom stereocenters. The second kappa shape index (κ2) is 7.74. The second-order valence-electron chi connectivity index (χ2n) is 6.76. The second-order valence-corrected chi connectivity index (χ2v) is 6.76. The van der Waals surface area contributed by atoms with Gasteiger partial charge in [0.25, 0.3) is 0 Å². The molecule has 0 radical (unpaired) electrons. The molecule has 8 nitrogen and oxygen atoms in total. The van der Waals surface area contributed by atoms with Crippen LogP contribution in [0.15, 0.2) is 36.7 Å². The first-order valence-corrected chi connectivity index (χ1v) is 9.20. The topological polar surface area (TPSA) is 94.5 Å². The molecule has 1 atom stereocenters. The fraction of sp³-hybridized carbons (Fsp3) is 0.500. The van der Waals surface area contributed by atoms with Gasteiger partial charge in [0, 0.05) is 6.42 Å². The highest BCUT2D eigenvalue weighted by molar-refractivity contribution is 5.22. The fourth-order valence-electron chi connectivity index (χ4n) is 3.56. The summed E-state index contributed by atoms with van der Waals surface area (Å²) < 4.78 is 3.72. The number of benzene rings is 1. The Hall–Kier alpha value is -2.61. The summed E-state index contributed by atoms with van der Waals surface area (Å²) >= 11 is 0. The van der Waals surface area contributed by atoms with Crippen LogP contribution in [-0.4, -0.2) is 40.1 Å². The fourth-order valence-corrected chi connectivity index (χ4v) is 3.56. The van der Waals surface area contributed by atoms with E-state index in [0.717, 1.165) is 24.2 Å². The van der Waals surface area contributed by atoms with Gasteiger partial charge in [-0.05, 0) is 28.8 Å². The highest BCUT2D eigenvalue weighted by Crippen LogP contribution is 2.30. The molecule has 1 N–H and O–H groups in total. The normalized spacial score (nSPS) is 16.7. The summed E-state index contributed by atoms with van der Waals surface area (Å²) in [6.45, 7) is 0.638. The Labute approximate surface area is 151 Å². The Morgan fingerprint density at radius 2 is 1.92 bits per heavy atom. The van der Waals surface area contributed by atoms with Crippen LogP contribution in [0.25, 0.3) is 0 Å². The predicted molar refractivity (Wildman–Crippen MR) is 94.2 cm³/mol. The molecule has 0 amide bonds. The Balaban J connectivity index is 1.60. The number of aromatic nitrogens is 7. The van der Waals surface area contributed by atoms with Crippen molar-refractivity contribution in [1.82, 2.24) is 35.0 Å². The number of aliphatic hydroxyl groups is 1. The monoisotopic (exact) mass is 353 g/mol. The Morgan fingerprint density at radius 3 is 2.65 bits per heavy atom. The third-order valence-electron chi connectivity index (χ3n) is 4.95. The molecule has 4 rings (SSSR count). The van der Waals surface area contributed by atoms with E-state index >= 15 is 0 Å². The summed E-state index contributed by atoms with van der Waals surface area (Å²) in [5.41, 5.74) is 0.806. The lowest BCUT2D eigenvalue weighted by Gasteiger charge is -2.23.